The zero-order valence-electron chi connectivity index (χ0n) is 45.1. The molecule has 1 amide bonds. The first-order chi connectivity index (χ1) is 32.6. The number of hydrogen-bond acceptors (Lipinski definition) is 4. The van der Waals surface area contributed by atoms with Gasteiger partial charge in [-0.1, -0.05) is 315 Å². The molecule has 0 fully saturated rings. The third-order valence-electron chi connectivity index (χ3n) is 14.6. The van der Waals surface area contributed by atoms with Crippen LogP contribution in [0, 0.1) is 0 Å². The van der Waals surface area contributed by atoms with Crippen LogP contribution in [0.2, 0.25) is 0 Å². The fraction of sp³-hybridized carbons (Fsp3) is 0.951. The summed E-state index contributed by atoms with van der Waals surface area (Å²) >= 11 is 0. The molecule has 0 heterocycles. The van der Waals surface area contributed by atoms with Gasteiger partial charge in [-0.3, -0.25) is 4.79 Å². The number of rotatable bonds is 57. The molecule has 0 aliphatic carbocycles. The fourth-order valence-corrected chi connectivity index (χ4v) is 9.93. The average molecular weight is 933 g/mol. The number of carbonyl (C=O) groups is 1. The third-order valence-corrected chi connectivity index (χ3v) is 14.6. The van der Waals surface area contributed by atoms with Gasteiger partial charge in [0.1, 0.15) is 6.10 Å². The van der Waals surface area contributed by atoms with Gasteiger partial charge in [0.05, 0.1) is 18.8 Å². The van der Waals surface area contributed by atoms with E-state index in [0.717, 1.165) is 38.5 Å². The largest absolute Gasteiger partial charge is 0.394 e. The molecule has 66 heavy (non-hydrogen) atoms. The van der Waals surface area contributed by atoms with E-state index in [0.29, 0.717) is 12.8 Å². The van der Waals surface area contributed by atoms with Crippen LogP contribution in [0.4, 0.5) is 0 Å². The lowest BCUT2D eigenvalue weighted by Gasteiger charge is -2.26. The molecule has 0 spiro atoms. The van der Waals surface area contributed by atoms with E-state index in [1.165, 1.54) is 283 Å². The Morgan fingerprint density at radius 1 is 0.364 bits per heavy atom. The fourth-order valence-electron chi connectivity index (χ4n) is 9.93. The Kier molecular flexibility index (Phi) is 55.9. The van der Waals surface area contributed by atoms with Crippen LogP contribution in [0.1, 0.15) is 348 Å². The quantitative estimate of drug-likeness (QED) is 0.0361. The number of nitrogens with one attached hydrogen (secondary N) is 1. The smallest absolute Gasteiger partial charge is 0.220 e. The van der Waals surface area contributed by atoms with Crippen molar-refractivity contribution in [2.45, 2.75) is 366 Å². The van der Waals surface area contributed by atoms with Crippen LogP contribution in [-0.4, -0.2) is 46.1 Å². The maximum absolute atomic E-state index is 12.5. The highest BCUT2D eigenvalue weighted by Crippen LogP contribution is 2.19. The van der Waals surface area contributed by atoms with Crippen LogP contribution in [0.15, 0.2) is 12.2 Å². The zero-order chi connectivity index (χ0) is 47.9. The summed E-state index contributed by atoms with van der Waals surface area (Å²) in [6.07, 6.45) is 71.1. The summed E-state index contributed by atoms with van der Waals surface area (Å²) in [5, 5.41) is 33.8. The highest BCUT2D eigenvalue weighted by Gasteiger charge is 2.26. The van der Waals surface area contributed by atoms with E-state index >= 15 is 0 Å². The molecule has 0 aromatic carbocycles. The van der Waals surface area contributed by atoms with Crippen LogP contribution >= 0.6 is 0 Å². The Hall–Kier alpha value is -0.910. The molecule has 0 aliphatic rings. The maximum atomic E-state index is 12.5. The molecule has 0 rings (SSSR count). The molecule has 0 radical (unpaired) electrons. The van der Waals surface area contributed by atoms with Gasteiger partial charge in [0.25, 0.3) is 0 Å². The van der Waals surface area contributed by atoms with Crippen LogP contribution < -0.4 is 5.32 Å². The lowest BCUT2D eigenvalue weighted by atomic mass is 10.0. The molecule has 5 heteroatoms. The lowest BCUT2D eigenvalue weighted by molar-refractivity contribution is -0.124. The summed E-state index contributed by atoms with van der Waals surface area (Å²) in [5.41, 5.74) is 0. The molecule has 5 nitrogen and oxygen atoms in total. The van der Waals surface area contributed by atoms with Gasteiger partial charge >= 0.3 is 0 Å². The summed E-state index contributed by atoms with van der Waals surface area (Å²) in [7, 11) is 0. The zero-order valence-corrected chi connectivity index (χ0v) is 45.1. The number of aliphatic hydroxyl groups is 3. The van der Waals surface area contributed by atoms with Crippen molar-refractivity contribution in [1.29, 1.82) is 0 Å². The van der Waals surface area contributed by atoms with E-state index in [2.05, 4.69) is 31.3 Å². The van der Waals surface area contributed by atoms with Gasteiger partial charge in [-0.05, 0) is 38.5 Å². The normalized spacial score (nSPS) is 13.2. The molecule has 0 aromatic rings. The topological polar surface area (TPSA) is 89.8 Å². The first-order valence-electron chi connectivity index (χ1n) is 30.5. The Labute approximate surface area is 414 Å². The molecule has 0 saturated carbocycles. The first kappa shape index (κ1) is 65.1. The van der Waals surface area contributed by atoms with Gasteiger partial charge in [-0.25, -0.2) is 0 Å². The van der Waals surface area contributed by atoms with E-state index in [1.807, 2.05) is 0 Å². The number of unbranched alkanes of at least 4 members (excludes halogenated alkanes) is 47. The predicted molar refractivity (Wildman–Crippen MR) is 292 cm³/mol. The van der Waals surface area contributed by atoms with Crippen molar-refractivity contribution in [3.63, 3.8) is 0 Å². The molecular formula is C61H121NO4. The van der Waals surface area contributed by atoms with Crippen LogP contribution in [0.3, 0.4) is 0 Å². The average Bonchev–Trinajstić information content (AvgIpc) is 3.32. The molecule has 394 valence electrons. The number of aliphatic hydroxyl groups excluding tert-OH is 3. The Morgan fingerprint density at radius 2 is 0.606 bits per heavy atom. The maximum Gasteiger partial charge on any atom is 0.220 e. The molecule has 0 saturated heterocycles. The van der Waals surface area contributed by atoms with Crippen molar-refractivity contribution in [1.82, 2.24) is 5.32 Å². The summed E-state index contributed by atoms with van der Waals surface area (Å²) in [6, 6.07) is -0.823. The van der Waals surface area contributed by atoms with Gasteiger partial charge in [-0.2, -0.15) is 0 Å². The number of allylic oxidation sites excluding steroid dienone is 2. The highest BCUT2D eigenvalue weighted by atomic mass is 16.3. The van der Waals surface area contributed by atoms with Crippen molar-refractivity contribution < 1.29 is 20.1 Å². The standard InChI is InChI=1S/C61H121NO4/c1-3-5-7-9-11-13-15-17-19-21-23-25-27-28-29-30-31-32-34-36-38-40-42-44-46-48-50-52-54-56-60(65)62-58(57-63)61(66)59(64)55-53-51-49-47-45-43-41-39-37-35-33-26-24-22-20-18-16-14-12-10-8-6-4-2/h47,49,58-59,61,63-64,66H,3-46,48,50-57H2,1-2H3,(H,62,65)/b49-47+. The third kappa shape index (κ3) is 51.0. The van der Waals surface area contributed by atoms with E-state index in [9.17, 15) is 20.1 Å². The van der Waals surface area contributed by atoms with E-state index in [1.54, 1.807) is 0 Å². The van der Waals surface area contributed by atoms with Crippen molar-refractivity contribution in [3.05, 3.63) is 12.2 Å². The monoisotopic (exact) mass is 932 g/mol. The molecule has 3 unspecified atom stereocenters. The number of hydrogen-bond donors (Lipinski definition) is 4. The highest BCUT2D eigenvalue weighted by molar-refractivity contribution is 5.76. The molecule has 3 atom stereocenters. The number of carbonyl (C=O) groups excluding carboxylic acids is 1. The van der Waals surface area contributed by atoms with Crippen LogP contribution in [0.25, 0.3) is 0 Å². The summed E-state index contributed by atoms with van der Waals surface area (Å²) in [6.45, 7) is 4.22. The lowest BCUT2D eigenvalue weighted by Crippen LogP contribution is -2.50. The Morgan fingerprint density at radius 3 is 0.879 bits per heavy atom. The minimum Gasteiger partial charge on any atom is -0.394 e. The van der Waals surface area contributed by atoms with Gasteiger partial charge in [0.2, 0.25) is 5.91 Å². The number of amides is 1. The van der Waals surface area contributed by atoms with Gasteiger partial charge in [0, 0.05) is 6.42 Å². The van der Waals surface area contributed by atoms with E-state index in [-0.39, 0.29) is 12.5 Å². The second-order valence-electron chi connectivity index (χ2n) is 21.3. The molecule has 0 aromatic heterocycles. The van der Waals surface area contributed by atoms with Gasteiger partial charge in [0.15, 0.2) is 0 Å². The van der Waals surface area contributed by atoms with Crippen molar-refractivity contribution >= 4 is 5.91 Å². The minimum atomic E-state index is -1.16. The van der Waals surface area contributed by atoms with E-state index < -0.39 is 18.2 Å². The Bertz CT molecular complexity index is 940. The van der Waals surface area contributed by atoms with Gasteiger partial charge < -0.3 is 20.6 Å². The molecule has 0 bridgehead atoms. The Balaban J connectivity index is 3.50. The molecule has 0 aliphatic heterocycles. The molecular weight excluding hydrogens is 811 g/mol. The summed E-state index contributed by atoms with van der Waals surface area (Å²) < 4.78 is 0. The van der Waals surface area contributed by atoms with Crippen molar-refractivity contribution in [3.8, 4) is 0 Å². The predicted octanol–water partition coefficient (Wildman–Crippen LogP) is 19.1. The van der Waals surface area contributed by atoms with Crippen molar-refractivity contribution in [2.24, 2.45) is 0 Å². The SMILES string of the molecule is CCCCCCCCCCCCCCCCCCCC/C=C/CCCC(O)C(O)C(CO)NC(=O)CCCCCCCCCCCCCCCCCCCCCCCCCCCCCCC. The molecule has 4 N–H and O–H groups in total. The van der Waals surface area contributed by atoms with Crippen LogP contribution in [-0.2, 0) is 4.79 Å². The second-order valence-corrected chi connectivity index (χ2v) is 21.3. The van der Waals surface area contributed by atoms with Crippen LogP contribution in [0.5, 0.6) is 0 Å². The first-order valence-corrected chi connectivity index (χ1v) is 30.5. The summed E-state index contributed by atoms with van der Waals surface area (Å²) in [4.78, 5) is 12.5. The second kappa shape index (κ2) is 56.7. The minimum absolute atomic E-state index is 0.146. The summed E-state index contributed by atoms with van der Waals surface area (Å²) in [5.74, 6) is -0.146. The van der Waals surface area contributed by atoms with Gasteiger partial charge in [-0.15, -0.1) is 0 Å². The van der Waals surface area contributed by atoms with E-state index in [4.69, 9.17) is 0 Å². The van der Waals surface area contributed by atoms with Crippen molar-refractivity contribution in [2.75, 3.05) is 6.61 Å².